The molecule has 0 bridgehead atoms. The fourth-order valence-electron chi connectivity index (χ4n) is 4.26. The summed E-state index contributed by atoms with van der Waals surface area (Å²) in [4.78, 5) is 12.8. The monoisotopic (exact) mass is 458 g/mol. The Morgan fingerprint density at radius 2 is 2.03 bits per heavy atom. The number of aliphatic hydroxyl groups excluding tert-OH is 2. The minimum atomic E-state index is -0.997. The average Bonchev–Trinajstić information content (AvgIpc) is 2.69. The second kappa shape index (κ2) is 7.80. The molecule has 7 heteroatoms. The Morgan fingerprint density at radius 3 is 2.66 bits per heavy atom. The van der Waals surface area contributed by atoms with Crippen LogP contribution in [0.2, 0.25) is 0 Å². The summed E-state index contributed by atoms with van der Waals surface area (Å²) in [5.74, 6) is -0.163. The lowest BCUT2D eigenvalue weighted by atomic mass is 9.85. The van der Waals surface area contributed by atoms with Crippen molar-refractivity contribution in [2.75, 3.05) is 6.61 Å². The Labute approximate surface area is 190 Å². The van der Waals surface area contributed by atoms with Crippen LogP contribution in [0.3, 0.4) is 0 Å². The Balaban J connectivity index is 2.05. The second-order valence-electron chi connectivity index (χ2n) is 9.18. The summed E-state index contributed by atoms with van der Waals surface area (Å²) < 4.78 is 12.0. The van der Waals surface area contributed by atoms with Crippen molar-refractivity contribution >= 4 is 33.5 Å². The number of hydrogen-bond acceptors (Lipinski definition) is 6. The van der Waals surface area contributed by atoms with Crippen molar-refractivity contribution < 1.29 is 24.5 Å². The van der Waals surface area contributed by atoms with E-state index in [1.165, 1.54) is 6.07 Å². The Kier molecular flexibility index (Phi) is 5.52. The zero-order valence-electron chi connectivity index (χ0n) is 18.5. The molecule has 0 radical (unpaired) electrons. The molecule has 4 rings (SSSR count). The summed E-state index contributed by atoms with van der Waals surface area (Å²) >= 11 is 6.26. The molecule has 3 aromatic rings. The van der Waals surface area contributed by atoms with Gasteiger partial charge in [-0.25, -0.2) is 0 Å². The summed E-state index contributed by atoms with van der Waals surface area (Å²) in [5.41, 5.74) is 2.34. The van der Waals surface area contributed by atoms with Gasteiger partial charge in [-0.05, 0) is 51.0 Å². The second-order valence-corrected chi connectivity index (χ2v) is 10.2. The van der Waals surface area contributed by atoms with Gasteiger partial charge in [-0.15, -0.1) is 11.6 Å². The molecule has 1 aromatic heterocycles. The standard InChI is InChI=1S/C25H27ClO6/c1-11(2)14-10-31-23-12(3)8-16-19(20(23)21(14)29)22(30)18-15(27)7-6-13(24(18)32-16)9-17(28)25(4,5)26/h6-8,14,17,21,27-29H,1,9-10H2,2-5H3. The van der Waals surface area contributed by atoms with Crippen LogP contribution in [0.5, 0.6) is 11.5 Å². The number of alkyl halides is 1. The van der Waals surface area contributed by atoms with Gasteiger partial charge in [0.05, 0.1) is 29.1 Å². The van der Waals surface area contributed by atoms with Crippen molar-refractivity contribution in [2.45, 2.75) is 51.2 Å². The van der Waals surface area contributed by atoms with Crippen LogP contribution in [0.15, 0.2) is 39.6 Å². The fourth-order valence-corrected chi connectivity index (χ4v) is 4.33. The van der Waals surface area contributed by atoms with E-state index in [9.17, 15) is 20.1 Å². The molecule has 0 saturated carbocycles. The van der Waals surface area contributed by atoms with E-state index in [1.54, 1.807) is 32.9 Å². The molecule has 3 N–H and O–H groups in total. The number of ether oxygens (including phenoxy) is 1. The van der Waals surface area contributed by atoms with Gasteiger partial charge in [0.25, 0.3) is 0 Å². The van der Waals surface area contributed by atoms with Crippen LogP contribution in [-0.4, -0.2) is 32.9 Å². The number of halogens is 1. The number of aryl methyl sites for hydroxylation is 1. The summed E-state index contributed by atoms with van der Waals surface area (Å²) in [7, 11) is 0. The fraction of sp³-hybridized carbons (Fsp3) is 0.400. The van der Waals surface area contributed by atoms with Gasteiger partial charge in [0.2, 0.25) is 5.43 Å². The van der Waals surface area contributed by atoms with E-state index in [0.717, 1.165) is 11.1 Å². The van der Waals surface area contributed by atoms with Crippen LogP contribution in [0.4, 0.5) is 0 Å². The summed E-state index contributed by atoms with van der Waals surface area (Å²) in [6.45, 7) is 11.2. The van der Waals surface area contributed by atoms with E-state index in [1.807, 2.05) is 6.92 Å². The SMILES string of the molecule is C=C(C)C1COc2c(C)cc3oc4c(CC(O)C(C)(C)Cl)ccc(O)c4c(=O)c3c2C1O. The van der Waals surface area contributed by atoms with Gasteiger partial charge in [-0.3, -0.25) is 4.79 Å². The van der Waals surface area contributed by atoms with Crippen LogP contribution in [0, 0.1) is 12.8 Å². The summed E-state index contributed by atoms with van der Waals surface area (Å²) in [5, 5.41) is 32.3. The maximum absolute atomic E-state index is 13.7. The molecule has 1 aliphatic rings. The van der Waals surface area contributed by atoms with E-state index in [2.05, 4.69) is 6.58 Å². The zero-order valence-corrected chi connectivity index (χ0v) is 19.3. The first-order chi connectivity index (χ1) is 14.9. The number of phenolic OH excluding ortho intramolecular Hbond substituents is 1. The third kappa shape index (κ3) is 3.56. The molecule has 0 fully saturated rings. The van der Waals surface area contributed by atoms with Crippen molar-refractivity contribution in [2.24, 2.45) is 5.92 Å². The minimum Gasteiger partial charge on any atom is -0.507 e. The Hall–Kier alpha value is -2.54. The van der Waals surface area contributed by atoms with Gasteiger partial charge in [-0.2, -0.15) is 0 Å². The third-order valence-corrected chi connectivity index (χ3v) is 6.52. The molecule has 3 atom stereocenters. The first-order valence-electron chi connectivity index (χ1n) is 10.5. The molecule has 0 spiro atoms. The lowest BCUT2D eigenvalue weighted by Crippen LogP contribution is -2.32. The number of aliphatic hydroxyl groups is 2. The minimum absolute atomic E-state index is 0.00900. The summed E-state index contributed by atoms with van der Waals surface area (Å²) in [6.07, 6.45) is -1.77. The maximum atomic E-state index is 13.7. The highest BCUT2D eigenvalue weighted by atomic mass is 35.5. The predicted octanol–water partition coefficient (Wildman–Crippen LogP) is 4.50. The molecule has 3 unspecified atom stereocenters. The molecule has 2 heterocycles. The van der Waals surface area contributed by atoms with Gasteiger partial charge in [0.15, 0.2) is 0 Å². The van der Waals surface area contributed by atoms with Crippen LogP contribution in [0.25, 0.3) is 21.9 Å². The summed E-state index contributed by atoms with van der Waals surface area (Å²) in [6, 6.07) is 4.70. The lowest BCUT2D eigenvalue weighted by Gasteiger charge is -2.32. The molecule has 0 amide bonds. The van der Waals surface area contributed by atoms with Crippen molar-refractivity contribution in [3.63, 3.8) is 0 Å². The number of rotatable bonds is 4. The van der Waals surface area contributed by atoms with Gasteiger partial charge < -0.3 is 24.5 Å². The van der Waals surface area contributed by atoms with Crippen LogP contribution in [-0.2, 0) is 6.42 Å². The van der Waals surface area contributed by atoms with Crippen molar-refractivity contribution in [1.82, 2.24) is 0 Å². The lowest BCUT2D eigenvalue weighted by molar-refractivity contribution is 0.0701. The van der Waals surface area contributed by atoms with E-state index in [4.69, 9.17) is 20.8 Å². The quantitative estimate of drug-likeness (QED) is 0.302. The Bertz CT molecular complexity index is 1300. The number of phenols is 1. The molecular formula is C25H27ClO6. The molecule has 170 valence electrons. The first-order valence-corrected chi connectivity index (χ1v) is 10.9. The average molecular weight is 459 g/mol. The van der Waals surface area contributed by atoms with Crippen molar-refractivity contribution in [3.05, 3.63) is 57.3 Å². The number of benzene rings is 2. The van der Waals surface area contributed by atoms with Crippen molar-refractivity contribution in [3.8, 4) is 11.5 Å². The van der Waals surface area contributed by atoms with Crippen LogP contribution < -0.4 is 10.2 Å². The molecule has 6 nitrogen and oxygen atoms in total. The first kappa shape index (κ1) is 22.6. The number of fused-ring (bicyclic) bond motifs is 4. The molecular weight excluding hydrogens is 432 g/mol. The van der Waals surface area contributed by atoms with Gasteiger partial charge in [-0.1, -0.05) is 18.2 Å². The van der Waals surface area contributed by atoms with Gasteiger partial charge in [0, 0.05) is 17.9 Å². The number of aromatic hydroxyl groups is 1. The highest BCUT2D eigenvalue weighted by Crippen LogP contribution is 2.44. The highest BCUT2D eigenvalue weighted by molar-refractivity contribution is 6.23. The Morgan fingerprint density at radius 1 is 1.34 bits per heavy atom. The van der Waals surface area contributed by atoms with Crippen LogP contribution >= 0.6 is 11.6 Å². The topological polar surface area (TPSA) is 100 Å². The maximum Gasteiger partial charge on any atom is 0.204 e. The normalized spacial score (nSPS) is 19.6. The highest BCUT2D eigenvalue weighted by Gasteiger charge is 2.35. The van der Waals surface area contributed by atoms with Gasteiger partial charge in [0.1, 0.15) is 28.1 Å². The predicted molar refractivity (Wildman–Crippen MR) is 125 cm³/mol. The van der Waals surface area contributed by atoms with Gasteiger partial charge >= 0.3 is 0 Å². The van der Waals surface area contributed by atoms with E-state index in [-0.39, 0.29) is 46.6 Å². The van der Waals surface area contributed by atoms with Crippen LogP contribution in [0.1, 0.15) is 43.6 Å². The molecule has 2 aromatic carbocycles. The van der Waals surface area contributed by atoms with E-state index < -0.39 is 22.5 Å². The third-order valence-electron chi connectivity index (χ3n) is 6.27. The molecule has 1 aliphatic heterocycles. The largest absolute Gasteiger partial charge is 0.507 e. The zero-order chi connectivity index (χ0) is 23.5. The molecule has 0 aliphatic carbocycles. The number of hydrogen-bond donors (Lipinski definition) is 3. The van der Waals surface area contributed by atoms with E-state index >= 15 is 0 Å². The molecule has 32 heavy (non-hydrogen) atoms. The van der Waals surface area contributed by atoms with E-state index in [0.29, 0.717) is 16.9 Å². The molecule has 0 saturated heterocycles. The van der Waals surface area contributed by atoms with Crippen molar-refractivity contribution in [1.29, 1.82) is 0 Å². The smallest absolute Gasteiger partial charge is 0.204 e.